The lowest BCUT2D eigenvalue weighted by Gasteiger charge is -2.56. The molecule has 4 saturated heterocycles. The van der Waals surface area contributed by atoms with Crippen molar-refractivity contribution in [2.45, 2.75) is 293 Å². The fourth-order valence-corrected chi connectivity index (χ4v) is 17.3. The third kappa shape index (κ3) is 15.1. The van der Waals surface area contributed by atoms with Gasteiger partial charge in [0, 0.05) is 23.4 Å². The van der Waals surface area contributed by atoms with Gasteiger partial charge in [-0.05, 0) is 130 Å². The van der Waals surface area contributed by atoms with Gasteiger partial charge in [-0.2, -0.15) is 0 Å². The van der Waals surface area contributed by atoms with Crippen LogP contribution >= 0.6 is 22.6 Å². The summed E-state index contributed by atoms with van der Waals surface area (Å²) in [6.07, 6.45) is 12.7. The molecule has 67 heavy (non-hydrogen) atoms. The Morgan fingerprint density at radius 1 is 0.761 bits per heavy atom. The van der Waals surface area contributed by atoms with Crippen molar-refractivity contribution in [3.05, 3.63) is 24.5 Å². The number of aliphatic hydroxyl groups is 1. The van der Waals surface area contributed by atoms with E-state index in [1.54, 1.807) is 0 Å². The fraction of sp³-hybridized carbons (Fsp3) is 0.925. The minimum absolute atomic E-state index is 0.00344. The molecular weight excluding hydrogens is 1020 g/mol. The Bertz CT molecular complexity index is 1580. The Hall–Kier alpha value is 0.558. The van der Waals surface area contributed by atoms with Crippen molar-refractivity contribution in [1.82, 2.24) is 0 Å². The van der Waals surface area contributed by atoms with Gasteiger partial charge in [-0.1, -0.05) is 131 Å². The van der Waals surface area contributed by atoms with Crippen LogP contribution in [0.2, 0.25) is 72.5 Å². The number of alkyl halides is 1. The Morgan fingerprint density at radius 2 is 1.33 bits per heavy atom. The van der Waals surface area contributed by atoms with Gasteiger partial charge >= 0.3 is 0 Å². The zero-order chi connectivity index (χ0) is 50.6. The molecule has 12 atom stereocenters. The van der Waals surface area contributed by atoms with Crippen LogP contribution in [-0.4, -0.2) is 116 Å². The second kappa shape index (κ2) is 23.8. The summed E-state index contributed by atoms with van der Waals surface area (Å²) >= 11 is 2.49. The average Bonchev–Trinajstić information content (AvgIpc) is 3.59. The maximum Gasteiger partial charge on any atom is 0.193 e. The number of ether oxygens (including phenoxy) is 4. The van der Waals surface area contributed by atoms with Crippen LogP contribution in [-0.2, 0) is 36.7 Å². The molecule has 0 amide bonds. The van der Waals surface area contributed by atoms with Gasteiger partial charge < -0.3 is 41.8 Å². The number of unbranched alkanes of at least 4 members (excludes halogenated alkanes) is 1. The summed E-state index contributed by atoms with van der Waals surface area (Å²) in [7, 11) is -8.77. The summed E-state index contributed by atoms with van der Waals surface area (Å²) in [6.45, 7) is 48.7. The van der Waals surface area contributed by atoms with E-state index in [0.717, 1.165) is 93.4 Å². The molecule has 4 rings (SSSR count). The Kier molecular flexibility index (Phi) is 21.4. The Labute approximate surface area is 429 Å². The standard InChI is InChI=1S/C53H103IO9Si4/c1-21-67(22-2,23-3)56-34-33-40-29-31-43-46(58-40)48(62-65(17,18)51(9,10)11)49(63-66(19,20)52(12,13)14)47(59-43)44(61-64(15,16)50(6,7)8)28-26-24-25-27-42-36-53(37-54)45(57-42)32-30-41(60-53)35-38(4)39(5)55/h26,28,38,40-49,55H,5,21-25,27,29-37H2,1-4,6-20H3/b28-26+/t38-,40?,41?,42+,43+,44+,45+,46+,47+,48?,49?,53?/m1/s1. The monoisotopic (exact) mass is 1120 g/mol. The number of rotatable bonds is 23. The molecule has 0 aliphatic carbocycles. The summed E-state index contributed by atoms with van der Waals surface area (Å²) in [4.78, 5) is 0. The van der Waals surface area contributed by atoms with Gasteiger partial charge in [-0.3, -0.25) is 0 Å². The van der Waals surface area contributed by atoms with Gasteiger partial charge in [0.05, 0.1) is 42.4 Å². The van der Waals surface area contributed by atoms with Crippen molar-refractivity contribution in [2.24, 2.45) is 5.92 Å². The van der Waals surface area contributed by atoms with E-state index in [1.165, 1.54) is 0 Å². The van der Waals surface area contributed by atoms with Gasteiger partial charge in [0.15, 0.2) is 33.3 Å². The normalized spacial score (nSPS) is 31.4. The predicted octanol–water partition coefficient (Wildman–Crippen LogP) is 15.2. The Morgan fingerprint density at radius 3 is 1.87 bits per heavy atom. The first-order valence-electron chi connectivity index (χ1n) is 26.7. The lowest BCUT2D eigenvalue weighted by molar-refractivity contribution is -0.267. The van der Waals surface area contributed by atoms with Crippen molar-refractivity contribution in [1.29, 1.82) is 0 Å². The molecule has 392 valence electrons. The van der Waals surface area contributed by atoms with E-state index in [1.807, 2.05) is 6.92 Å². The van der Waals surface area contributed by atoms with Crippen molar-refractivity contribution >= 4 is 55.9 Å². The smallest absolute Gasteiger partial charge is 0.193 e. The van der Waals surface area contributed by atoms with Gasteiger partial charge in [-0.25, -0.2) is 0 Å². The minimum Gasteiger partial charge on any atom is -0.513 e. The molecule has 1 N–H and O–H groups in total. The van der Waals surface area contributed by atoms with Crippen molar-refractivity contribution in [3.63, 3.8) is 0 Å². The molecule has 4 aliphatic heterocycles. The maximum atomic E-state index is 10.0. The molecule has 14 heteroatoms. The largest absolute Gasteiger partial charge is 0.513 e. The van der Waals surface area contributed by atoms with Crippen LogP contribution in [0.4, 0.5) is 0 Å². The molecule has 5 unspecified atom stereocenters. The highest BCUT2D eigenvalue weighted by atomic mass is 127. The maximum absolute atomic E-state index is 10.0. The molecule has 0 saturated carbocycles. The first kappa shape index (κ1) is 60.1. The molecule has 4 aliphatic rings. The SMILES string of the molecule is C=C(O)[C@H](C)CC1CC[C@@H]2O[C@@H](CCC/C=C/[C@H](O[Si](C)(C)C(C)(C)C)[C@@H]3O[C@H]4CCC(CCO[Si](CC)(CC)CC)O[C@@H]4C(O[Si](C)(C)C(C)(C)C)C3O[Si](C)(C)C(C)(C)C)CC2(CI)O1. The van der Waals surface area contributed by atoms with E-state index >= 15 is 0 Å². The summed E-state index contributed by atoms with van der Waals surface area (Å²) in [5.74, 6) is 0.272. The third-order valence-corrected chi connectivity index (χ3v) is 37.3. The number of fused-ring (bicyclic) bond motifs is 2. The van der Waals surface area contributed by atoms with E-state index in [0.29, 0.717) is 0 Å². The van der Waals surface area contributed by atoms with Crippen molar-refractivity contribution < 1.29 is 41.8 Å². The second-order valence-electron chi connectivity index (χ2n) is 25.8. The van der Waals surface area contributed by atoms with Crippen LogP contribution in [0.5, 0.6) is 0 Å². The summed E-state index contributed by atoms with van der Waals surface area (Å²) in [5.41, 5.74) is -0.260. The third-order valence-electron chi connectivity index (χ3n) is 17.9. The molecule has 9 nitrogen and oxygen atoms in total. The first-order chi connectivity index (χ1) is 30.8. The van der Waals surface area contributed by atoms with Gasteiger partial charge in [0.25, 0.3) is 0 Å². The molecule has 0 spiro atoms. The van der Waals surface area contributed by atoms with E-state index in [-0.39, 0.29) is 93.4 Å². The van der Waals surface area contributed by atoms with Crippen LogP contribution in [0.25, 0.3) is 0 Å². The van der Waals surface area contributed by atoms with Crippen molar-refractivity contribution in [2.75, 3.05) is 11.0 Å². The van der Waals surface area contributed by atoms with Crippen LogP contribution in [0, 0.1) is 5.92 Å². The second-order valence-corrected chi connectivity index (χ2v) is 45.6. The van der Waals surface area contributed by atoms with Crippen LogP contribution in [0.1, 0.15) is 154 Å². The molecule has 0 aromatic carbocycles. The molecule has 0 bridgehead atoms. The fourth-order valence-electron chi connectivity index (χ4n) is 9.79. The van der Waals surface area contributed by atoms with E-state index in [4.69, 9.17) is 36.7 Å². The number of allylic oxidation sites excluding steroid dienone is 2. The molecule has 0 aromatic rings. The molecule has 4 fully saturated rings. The van der Waals surface area contributed by atoms with Gasteiger partial charge in [0.2, 0.25) is 0 Å². The summed E-state index contributed by atoms with van der Waals surface area (Å²) < 4.78 is 59.1. The molecule has 0 aromatic heterocycles. The van der Waals surface area contributed by atoms with Crippen LogP contribution in [0.3, 0.4) is 0 Å². The molecule has 4 heterocycles. The zero-order valence-electron chi connectivity index (χ0n) is 46.4. The topological polar surface area (TPSA) is 94.1 Å². The van der Waals surface area contributed by atoms with E-state index in [9.17, 15) is 5.11 Å². The van der Waals surface area contributed by atoms with E-state index < -0.39 is 33.3 Å². The van der Waals surface area contributed by atoms with Crippen molar-refractivity contribution in [3.8, 4) is 0 Å². The Balaban J connectivity index is 1.66. The number of hydrogen-bond acceptors (Lipinski definition) is 9. The van der Waals surface area contributed by atoms with E-state index in [2.05, 4.69) is 164 Å². The highest BCUT2D eigenvalue weighted by molar-refractivity contribution is 14.1. The van der Waals surface area contributed by atoms with Crippen LogP contribution in [0.15, 0.2) is 24.5 Å². The summed E-state index contributed by atoms with van der Waals surface area (Å²) in [5, 5.41) is 9.97. The molecule has 0 radical (unpaired) electrons. The lowest BCUT2D eigenvalue weighted by Crippen LogP contribution is -2.69. The number of aliphatic hydroxyl groups excluding tert-OH is 1. The average molecular weight is 1120 g/mol. The number of hydrogen-bond donors (Lipinski definition) is 1. The number of halogens is 1. The molecular formula is C53H103IO9Si4. The quantitative estimate of drug-likeness (QED) is 0.0268. The van der Waals surface area contributed by atoms with Gasteiger partial charge in [0.1, 0.15) is 30.0 Å². The minimum atomic E-state index is -2.39. The highest BCUT2D eigenvalue weighted by Gasteiger charge is 2.58. The predicted molar refractivity (Wildman–Crippen MR) is 298 cm³/mol. The first-order valence-corrected chi connectivity index (χ1v) is 39.5. The van der Waals surface area contributed by atoms with Gasteiger partial charge in [-0.15, -0.1) is 0 Å². The summed E-state index contributed by atoms with van der Waals surface area (Å²) in [6, 6.07) is 3.46. The zero-order valence-corrected chi connectivity index (χ0v) is 52.6. The lowest BCUT2D eigenvalue weighted by atomic mass is 9.85. The highest BCUT2D eigenvalue weighted by Crippen LogP contribution is 2.48. The van der Waals surface area contributed by atoms with Crippen LogP contribution < -0.4 is 0 Å².